The Balaban J connectivity index is 1.63. The van der Waals surface area contributed by atoms with Gasteiger partial charge in [0.05, 0.1) is 11.6 Å². The molecule has 0 radical (unpaired) electrons. The first kappa shape index (κ1) is 17.4. The third-order valence-electron chi connectivity index (χ3n) is 3.76. The molecule has 5 nitrogen and oxygen atoms in total. The largest absolute Gasteiger partial charge is 0.370 e. The number of nitrogens with one attached hydrogen (secondary N) is 2. The molecule has 3 rings (SSSR count). The minimum absolute atomic E-state index is 0.230. The summed E-state index contributed by atoms with van der Waals surface area (Å²) in [5, 5.41) is 15.3. The molecular weight excluding hydrogens is 329 g/mol. The van der Waals surface area contributed by atoms with Crippen molar-refractivity contribution in [2.24, 2.45) is 0 Å². The zero-order valence-electron chi connectivity index (χ0n) is 14.3. The Bertz CT molecular complexity index is 914. The smallest absolute Gasteiger partial charge is 0.136 e. The van der Waals surface area contributed by atoms with Gasteiger partial charge >= 0.3 is 0 Å². The van der Waals surface area contributed by atoms with Gasteiger partial charge in [-0.2, -0.15) is 5.26 Å². The van der Waals surface area contributed by atoms with E-state index in [0.717, 1.165) is 23.5 Å². The first-order valence-electron chi connectivity index (χ1n) is 8.23. The predicted octanol–water partition coefficient (Wildman–Crippen LogP) is 4.19. The summed E-state index contributed by atoms with van der Waals surface area (Å²) in [5.41, 5.74) is 2.51. The molecule has 3 aromatic rings. The number of nitrogens with zero attached hydrogens (tertiary/aromatic N) is 3. The van der Waals surface area contributed by atoms with E-state index in [1.165, 1.54) is 12.1 Å². The lowest BCUT2D eigenvalue weighted by atomic mass is 10.1. The average Bonchev–Trinajstić information content (AvgIpc) is 2.64. The molecular formula is C20H18FN5. The van der Waals surface area contributed by atoms with E-state index in [0.29, 0.717) is 23.8 Å². The topological polar surface area (TPSA) is 73.6 Å². The minimum Gasteiger partial charge on any atom is -0.370 e. The highest BCUT2D eigenvalue weighted by atomic mass is 19.1. The average molecular weight is 347 g/mol. The molecule has 0 fully saturated rings. The Labute approximate surface area is 151 Å². The van der Waals surface area contributed by atoms with Crippen LogP contribution in [0.15, 0.2) is 54.6 Å². The third-order valence-corrected chi connectivity index (χ3v) is 3.76. The number of halogens is 1. The summed E-state index contributed by atoms with van der Waals surface area (Å²) in [6.07, 6.45) is 0.766. The number of aromatic nitrogens is 2. The maximum atomic E-state index is 12.9. The van der Waals surface area contributed by atoms with Crippen LogP contribution in [0.2, 0.25) is 0 Å². The Kier molecular flexibility index (Phi) is 5.40. The molecule has 6 heteroatoms. The van der Waals surface area contributed by atoms with Gasteiger partial charge in [0.25, 0.3) is 0 Å². The highest BCUT2D eigenvalue weighted by Gasteiger charge is 2.03. The van der Waals surface area contributed by atoms with E-state index in [-0.39, 0.29) is 5.82 Å². The first-order valence-corrected chi connectivity index (χ1v) is 8.23. The highest BCUT2D eigenvalue weighted by molar-refractivity contribution is 5.60. The van der Waals surface area contributed by atoms with Crippen LogP contribution in [0.3, 0.4) is 0 Å². The van der Waals surface area contributed by atoms with Crippen LogP contribution < -0.4 is 10.6 Å². The van der Waals surface area contributed by atoms with Gasteiger partial charge in [-0.15, -0.1) is 0 Å². The molecule has 0 saturated carbocycles. The molecule has 0 bridgehead atoms. The molecule has 2 aromatic carbocycles. The van der Waals surface area contributed by atoms with E-state index in [4.69, 9.17) is 5.26 Å². The predicted molar refractivity (Wildman–Crippen MR) is 99.8 cm³/mol. The molecule has 130 valence electrons. The highest BCUT2D eigenvalue weighted by Crippen LogP contribution is 2.18. The summed E-state index contributed by atoms with van der Waals surface area (Å²) in [6, 6.07) is 17.6. The van der Waals surface area contributed by atoms with Gasteiger partial charge in [0.1, 0.15) is 23.3 Å². The maximum Gasteiger partial charge on any atom is 0.136 e. The van der Waals surface area contributed by atoms with Gasteiger partial charge in [0.15, 0.2) is 0 Å². The van der Waals surface area contributed by atoms with Crippen LogP contribution in [0.5, 0.6) is 0 Å². The Morgan fingerprint density at radius 1 is 1.00 bits per heavy atom. The van der Waals surface area contributed by atoms with Gasteiger partial charge in [-0.1, -0.05) is 12.1 Å². The lowest BCUT2D eigenvalue weighted by Crippen LogP contribution is -2.08. The number of aryl methyl sites for hydroxylation is 1. The normalized spacial score (nSPS) is 10.2. The van der Waals surface area contributed by atoms with Crippen LogP contribution in [-0.2, 0) is 6.42 Å². The van der Waals surface area contributed by atoms with Crippen molar-refractivity contribution in [3.05, 3.63) is 77.4 Å². The number of hydrogen-bond donors (Lipinski definition) is 2. The third kappa shape index (κ3) is 4.77. The van der Waals surface area contributed by atoms with Crippen molar-refractivity contribution in [3.63, 3.8) is 0 Å². The van der Waals surface area contributed by atoms with E-state index >= 15 is 0 Å². The summed E-state index contributed by atoms with van der Waals surface area (Å²) in [6.45, 7) is 2.51. The zero-order valence-corrected chi connectivity index (χ0v) is 14.3. The summed E-state index contributed by atoms with van der Waals surface area (Å²) >= 11 is 0. The van der Waals surface area contributed by atoms with Crippen LogP contribution in [-0.4, -0.2) is 16.5 Å². The molecule has 0 aliphatic carbocycles. The number of nitriles is 1. The molecule has 0 aliphatic heterocycles. The van der Waals surface area contributed by atoms with Crippen molar-refractivity contribution < 1.29 is 4.39 Å². The van der Waals surface area contributed by atoms with Gasteiger partial charge in [-0.05, 0) is 55.3 Å². The molecule has 0 amide bonds. The number of hydrogen-bond acceptors (Lipinski definition) is 5. The fourth-order valence-electron chi connectivity index (χ4n) is 2.48. The summed E-state index contributed by atoms with van der Waals surface area (Å²) in [4.78, 5) is 8.76. The Morgan fingerprint density at radius 3 is 2.38 bits per heavy atom. The SMILES string of the molecule is Cc1nc(NCCc2ccc(F)cc2)cc(Nc2ccc(C#N)cc2)n1. The van der Waals surface area contributed by atoms with Gasteiger partial charge in [-0.3, -0.25) is 0 Å². The monoisotopic (exact) mass is 347 g/mol. The van der Waals surface area contributed by atoms with Crippen LogP contribution in [0, 0.1) is 24.1 Å². The van der Waals surface area contributed by atoms with E-state index in [1.807, 2.05) is 25.1 Å². The fraction of sp³-hybridized carbons (Fsp3) is 0.150. The van der Waals surface area contributed by atoms with E-state index in [2.05, 4.69) is 26.7 Å². The Hall–Kier alpha value is -3.46. The van der Waals surface area contributed by atoms with Crippen LogP contribution >= 0.6 is 0 Å². The summed E-state index contributed by atoms with van der Waals surface area (Å²) in [5.74, 6) is 1.81. The first-order chi connectivity index (χ1) is 12.6. The molecule has 0 spiro atoms. The second-order valence-electron chi connectivity index (χ2n) is 5.80. The lowest BCUT2D eigenvalue weighted by Gasteiger charge is -2.10. The van der Waals surface area contributed by atoms with Gasteiger partial charge in [-0.25, -0.2) is 14.4 Å². The second kappa shape index (κ2) is 8.08. The number of benzene rings is 2. The van der Waals surface area contributed by atoms with Crippen LogP contribution in [0.25, 0.3) is 0 Å². The second-order valence-corrected chi connectivity index (χ2v) is 5.80. The van der Waals surface area contributed by atoms with Crippen molar-refractivity contribution in [2.45, 2.75) is 13.3 Å². The van der Waals surface area contributed by atoms with Crippen molar-refractivity contribution in [1.82, 2.24) is 9.97 Å². The van der Waals surface area contributed by atoms with Gasteiger partial charge in [0, 0.05) is 18.3 Å². The van der Waals surface area contributed by atoms with E-state index < -0.39 is 0 Å². The molecule has 1 heterocycles. The van der Waals surface area contributed by atoms with Crippen molar-refractivity contribution in [2.75, 3.05) is 17.2 Å². The molecule has 26 heavy (non-hydrogen) atoms. The molecule has 0 unspecified atom stereocenters. The standard InChI is InChI=1S/C20H18FN5/c1-14-24-19(23-11-10-15-2-6-17(21)7-3-15)12-20(25-14)26-18-8-4-16(13-22)5-9-18/h2-9,12H,10-11H2,1H3,(H2,23,24,25,26). The molecule has 2 N–H and O–H groups in total. The van der Waals surface area contributed by atoms with Crippen molar-refractivity contribution in [1.29, 1.82) is 5.26 Å². The van der Waals surface area contributed by atoms with Gasteiger partial charge < -0.3 is 10.6 Å². The van der Waals surface area contributed by atoms with E-state index in [1.54, 1.807) is 24.3 Å². The summed E-state index contributed by atoms with van der Waals surface area (Å²) < 4.78 is 12.9. The van der Waals surface area contributed by atoms with Crippen LogP contribution in [0.4, 0.5) is 21.7 Å². The van der Waals surface area contributed by atoms with E-state index in [9.17, 15) is 4.39 Å². The fourth-order valence-corrected chi connectivity index (χ4v) is 2.48. The molecule has 0 saturated heterocycles. The van der Waals surface area contributed by atoms with Crippen molar-refractivity contribution >= 4 is 17.3 Å². The quantitative estimate of drug-likeness (QED) is 0.699. The van der Waals surface area contributed by atoms with Crippen LogP contribution in [0.1, 0.15) is 17.0 Å². The Morgan fingerprint density at radius 2 is 1.69 bits per heavy atom. The molecule has 1 aromatic heterocycles. The van der Waals surface area contributed by atoms with Crippen molar-refractivity contribution in [3.8, 4) is 6.07 Å². The maximum absolute atomic E-state index is 12.9. The number of rotatable bonds is 6. The minimum atomic E-state index is -0.230. The summed E-state index contributed by atoms with van der Waals surface area (Å²) in [7, 11) is 0. The molecule has 0 aliphatic rings. The van der Waals surface area contributed by atoms with Gasteiger partial charge in [0.2, 0.25) is 0 Å². The zero-order chi connectivity index (χ0) is 18.4. The molecule has 0 atom stereocenters. The number of anilines is 3. The lowest BCUT2D eigenvalue weighted by molar-refractivity contribution is 0.627.